The largest absolute Gasteiger partial charge is 0.270 e. The van der Waals surface area contributed by atoms with Crippen LogP contribution < -0.4 is 0 Å². The Labute approximate surface area is 196 Å². The highest BCUT2D eigenvalue weighted by molar-refractivity contribution is 7.89. The van der Waals surface area contributed by atoms with E-state index in [1.54, 1.807) is 7.05 Å². The van der Waals surface area contributed by atoms with Crippen LogP contribution >= 0.6 is 0 Å². The van der Waals surface area contributed by atoms with Crippen LogP contribution in [0.2, 0.25) is 0 Å². The summed E-state index contributed by atoms with van der Waals surface area (Å²) in [6.07, 6.45) is 20.5. The first-order valence-corrected chi connectivity index (χ1v) is 14.0. The second-order valence-electron chi connectivity index (χ2n) is 8.88. The van der Waals surface area contributed by atoms with E-state index in [4.69, 9.17) is 0 Å². The number of hydrogen-bond acceptors (Lipinski definition) is 4. The van der Waals surface area contributed by atoms with E-state index in [0.29, 0.717) is 6.54 Å². The molecule has 0 atom stereocenters. The highest BCUT2D eigenvalue weighted by Crippen LogP contribution is 2.21. The summed E-state index contributed by atoms with van der Waals surface area (Å²) >= 11 is 0. The van der Waals surface area contributed by atoms with Crippen molar-refractivity contribution < 1.29 is 13.3 Å². The number of nitrogens with zero attached hydrogens (tertiary/aromatic N) is 2. The molecular weight excluding hydrogens is 424 g/mol. The first kappa shape index (κ1) is 28.6. The standard InChI is InChI=1S/C25H44N2O4S/c1-3-4-5-6-7-8-9-10-11-12-13-14-15-16-17-18-22-26(2)32(30,31)25-21-19-20-24(23-25)27(28)29/h19-21,23H,3-18,22H2,1-2H3. The summed E-state index contributed by atoms with van der Waals surface area (Å²) in [5.74, 6) is 0. The van der Waals surface area contributed by atoms with Crippen LogP contribution in [0.1, 0.15) is 110 Å². The molecular formula is C25H44N2O4S. The SMILES string of the molecule is CCCCCCCCCCCCCCCCCCN(C)S(=O)(=O)c1cccc([N+](=O)[O-])c1. The molecule has 0 aliphatic rings. The Morgan fingerprint density at radius 2 is 1.22 bits per heavy atom. The predicted octanol–water partition coefficient (Wildman–Crippen LogP) is 7.48. The fourth-order valence-electron chi connectivity index (χ4n) is 3.94. The third kappa shape index (κ3) is 12.0. The van der Waals surface area contributed by atoms with Crippen molar-refractivity contribution in [3.8, 4) is 0 Å². The van der Waals surface area contributed by atoms with Crippen molar-refractivity contribution in [2.75, 3.05) is 13.6 Å². The minimum absolute atomic E-state index is 0.0225. The Bertz CT molecular complexity index is 737. The number of non-ortho nitro benzene ring substituents is 1. The van der Waals surface area contributed by atoms with Gasteiger partial charge >= 0.3 is 0 Å². The summed E-state index contributed by atoms with van der Waals surface area (Å²) in [6, 6.07) is 5.24. The van der Waals surface area contributed by atoms with E-state index in [9.17, 15) is 18.5 Å². The van der Waals surface area contributed by atoms with Gasteiger partial charge in [0.2, 0.25) is 10.0 Å². The Morgan fingerprint density at radius 3 is 1.66 bits per heavy atom. The van der Waals surface area contributed by atoms with Gasteiger partial charge in [-0.3, -0.25) is 10.1 Å². The van der Waals surface area contributed by atoms with Gasteiger partial charge in [0.25, 0.3) is 5.69 Å². The smallest absolute Gasteiger partial charge is 0.258 e. The highest BCUT2D eigenvalue weighted by Gasteiger charge is 2.22. The van der Waals surface area contributed by atoms with Crippen molar-refractivity contribution in [2.45, 2.75) is 115 Å². The van der Waals surface area contributed by atoms with E-state index < -0.39 is 14.9 Å². The monoisotopic (exact) mass is 468 g/mol. The number of hydrogen-bond donors (Lipinski definition) is 0. The van der Waals surface area contributed by atoms with Gasteiger partial charge in [0.05, 0.1) is 9.82 Å². The quantitative estimate of drug-likeness (QED) is 0.113. The number of nitro groups is 1. The zero-order valence-electron chi connectivity index (χ0n) is 20.3. The molecule has 0 bridgehead atoms. The number of rotatable bonds is 20. The zero-order valence-corrected chi connectivity index (χ0v) is 21.1. The maximum absolute atomic E-state index is 12.6. The summed E-state index contributed by atoms with van der Waals surface area (Å²) < 4.78 is 26.5. The van der Waals surface area contributed by atoms with E-state index >= 15 is 0 Å². The molecule has 1 rings (SSSR count). The van der Waals surface area contributed by atoms with Gasteiger partial charge in [0.1, 0.15) is 0 Å². The van der Waals surface area contributed by atoms with Crippen LogP contribution in [-0.4, -0.2) is 31.2 Å². The van der Waals surface area contributed by atoms with Crippen molar-refractivity contribution in [3.63, 3.8) is 0 Å². The third-order valence-electron chi connectivity index (χ3n) is 6.06. The van der Waals surface area contributed by atoms with Crippen molar-refractivity contribution in [2.24, 2.45) is 0 Å². The van der Waals surface area contributed by atoms with E-state index in [-0.39, 0.29) is 10.6 Å². The number of sulfonamides is 1. The van der Waals surface area contributed by atoms with Crippen LogP contribution in [0.15, 0.2) is 29.2 Å². The van der Waals surface area contributed by atoms with Crippen LogP contribution in [0.5, 0.6) is 0 Å². The summed E-state index contributed by atoms with van der Waals surface area (Å²) in [5, 5.41) is 10.9. The minimum Gasteiger partial charge on any atom is -0.258 e. The fraction of sp³-hybridized carbons (Fsp3) is 0.760. The molecule has 0 fully saturated rings. The van der Waals surface area contributed by atoms with Crippen molar-refractivity contribution in [1.29, 1.82) is 0 Å². The Kier molecular flexibility index (Phi) is 15.2. The van der Waals surface area contributed by atoms with Crippen molar-refractivity contribution >= 4 is 15.7 Å². The number of unbranched alkanes of at least 4 members (excludes halogenated alkanes) is 15. The average molecular weight is 469 g/mol. The molecule has 0 amide bonds. The molecule has 0 saturated carbocycles. The highest BCUT2D eigenvalue weighted by atomic mass is 32.2. The molecule has 6 nitrogen and oxygen atoms in total. The lowest BCUT2D eigenvalue weighted by Crippen LogP contribution is -2.28. The molecule has 0 saturated heterocycles. The lowest BCUT2D eigenvalue weighted by molar-refractivity contribution is -0.385. The van der Waals surface area contributed by atoms with Gasteiger partial charge in [0.15, 0.2) is 0 Å². The average Bonchev–Trinajstić information content (AvgIpc) is 2.78. The van der Waals surface area contributed by atoms with Crippen molar-refractivity contribution in [1.82, 2.24) is 4.31 Å². The van der Waals surface area contributed by atoms with E-state index in [0.717, 1.165) is 25.3 Å². The van der Waals surface area contributed by atoms with Gasteiger partial charge in [-0.1, -0.05) is 109 Å². The third-order valence-corrected chi connectivity index (χ3v) is 7.92. The molecule has 0 radical (unpaired) electrons. The zero-order chi connectivity index (χ0) is 23.7. The maximum Gasteiger partial charge on any atom is 0.270 e. The minimum atomic E-state index is -3.69. The molecule has 1 aromatic rings. The van der Waals surface area contributed by atoms with Gasteiger partial charge in [-0.2, -0.15) is 0 Å². The van der Waals surface area contributed by atoms with Crippen LogP contribution in [0.25, 0.3) is 0 Å². The lowest BCUT2D eigenvalue weighted by Gasteiger charge is -2.17. The van der Waals surface area contributed by atoms with Gasteiger partial charge in [-0.15, -0.1) is 0 Å². The van der Waals surface area contributed by atoms with Gasteiger partial charge < -0.3 is 0 Å². The van der Waals surface area contributed by atoms with Crippen LogP contribution in [-0.2, 0) is 10.0 Å². The molecule has 0 unspecified atom stereocenters. The maximum atomic E-state index is 12.6. The van der Waals surface area contributed by atoms with E-state index in [2.05, 4.69) is 6.92 Å². The lowest BCUT2D eigenvalue weighted by atomic mass is 10.0. The first-order valence-electron chi connectivity index (χ1n) is 12.6. The summed E-state index contributed by atoms with van der Waals surface area (Å²) in [7, 11) is -2.15. The van der Waals surface area contributed by atoms with Crippen LogP contribution in [0.4, 0.5) is 5.69 Å². The molecule has 0 N–H and O–H groups in total. The molecule has 184 valence electrons. The molecule has 0 spiro atoms. The second-order valence-corrected chi connectivity index (χ2v) is 10.9. The molecule has 1 aromatic carbocycles. The van der Waals surface area contributed by atoms with Crippen LogP contribution in [0.3, 0.4) is 0 Å². The van der Waals surface area contributed by atoms with E-state index in [1.165, 1.54) is 106 Å². The Hall–Kier alpha value is -1.47. The molecule has 0 aliphatic carbocycles. The fourth-order valence-corrected chi connectivity index (χ4v) is 5.19. The molecule has 0 aromatic heterocycles. The molecule has 0 heterocycles. The van der Waals surface area contributed by atoms with Gasteiger partial charge in [-0.05, 0) is 12.5 Å². The Morgan fingerprint density at radius 1 is 0.781 bits per heavy atom. The van der Waals surface area contributed by atoms with Crippen molar-refractivity contribution in [3.05, 3.63) is 34.4 Å². The number of benzene rings is 1. The summed E-state index contributed by atoms with van der Waals surface area (Å²) in [5.41, 5.74) is -0.207. The van der Waals surface area contributed by atoms with E-state index in [1.807, 2.05) is 0 Å². The molecule has 32 heavy (non-hydrogen) atoms. The topological polar surface area (TPSA) is 80.5 Å². The predicted molar refractivity (Wildman–Crippen MR) is 132 cm³/mol. The Balaban J connectivity index is 2.04. The van der Waals surface area contributed by atoms with Gasteiger partial charge in [-0.25, -0.2) is 12.7 Å². The summed E-state index contributed by atoms with van der Waals surface area (Å²) in [4.78, 5) is 10.3. The first-order chi connectivity index (χ1) is 15.4. The van der Waals surface area contributed by atoms with Gasteiger partial charge in [0, 0.05) is 25.7 Å². The molecule has 0 aliphatic heterocycles. The van der Waals surface area contributed by atoms with Crippen LogP contribution in [0, 0.1) is 10.1 Å². The summed E-state index contributed by atoms with van der Waals surface area (Å²) in [6.45, 7) is 2.69. The number of nitro benzene ring substituents is 1. The molecule has 7 heteroatoms. The second kappa shape index (κ2) is 17.1. The normalized spacial score (nSPS) is 11.8.